The number of Topliss-reactive ketones (excluding diaryl/α,β-unsaturated/α-hetero) is 1. The number of ether oxygens (including phenoxy) is 2. The van der Waals surface area contributed by atoms with Crippen LogP contribution in [0, 0.1) is 18.8 Å². The quantitative estimate of drug-likeness (QED) is 0.507. The van der Waals surface area contributed by atoms with E-state index in [2.05, 4.69) is 4.98 Å². The lowest BCUT2D eigenvalue weighted by molar-refractivity contribution is -0.145. The fourth-order valence-electron chi connectivity index (χ4n) is 4.24. The van der Waals surface area contributed by atoms with Crippen LogP contribution in [-0.4, -0.2) is 35.9 Å². The van der Waals surface area contributed by atoms with E-state index in [1.165, 1.54) is 20.0 Å². The van der Waals surface area contributed by atoms with Crippen LogP contribution in [0.2, 0.25) is 0 Å². The number of ketones is 1. The summed E-state index contributed by atoms with van der Waals surface area (Å²) in [7, 11) is 1.29. The van der Waals surface area contributed by atoms with Crippen LogP contribution in [0.25, 0.3) is 0 Å². The molecule has 6 heteroatoms. The van der Waals surface area contributed by atoms with E-state index in [9.17, 15) is 14.4 Å². The van der Waals surface area contributed by atoms with Gasteiger partial charge < -0.3 is 14.5 Å². The summed E-state index contributed by atoms with van der Waals surface area (Å²) in [6.45, 7) is 3.59. The molecule has 6 nitrogen and oxygen atoms in total. The predicted octanol–water partition coefficient (Wildman–Crippen LogP) is 3.37. The van der Waals surface area contributed by atoms with Crippen LogP contribution in [-0.2, 0) is 20.7 Å². The van der Waals surface area contributed by atoms with Gasteiger partial charge in [0.25, 0.3) is 0 Å². The minimum atomic E-state index is -0.812. The average molecular weight is 361 g/mol. The molecule has 3 rings (SSSR count). The smallest absolute Gasteiger partial charge is 0.355 e. The monoisotopic (exact) mass is 361 g/mol. The van der Waals surface area contributed by atoms with Crippen molar-refractivity contribution in [3.8, 4) is 0 Å². The Morgan fingerprint density at radius 2 is 1.77 bits per heavy atom. The first-order valence-electron chi connectivity index (χ1n) is 9.48. The van der Waals surface area contributed by atoms with Gasteiger partial charge in [-0.05, 0) is 50.5 Å². The van der Waals surface area contributed by atoms with Gasteiger partial charge in [-0.3, -0.25) is 9.59 Å². The molecule has 1 N–H and O–H groups in total. The first kappa shape index (κ1) is 18.7. The molecule has 1 aromatic heterocycles. The summed E-state index contributed by atoms with van der Waals surface area (Å²) in [6, 6.07) is 0. The van der Waals surface area contributed by atoms with Crippen LogP contribution in [0.3, 0.4) is 0 Å². The van der Waals surface area contributed by atoms with Gasteiger partial charge in [-0.25, -0.2) is 4.79 Å². The van der Waals surface area contributed by atoms with Gasteiger partial charge in [0.1, 0.15) is 17.7 Å². The summed E-state index contributed by atoms with van der Waals surface area (Å²) in [5.41, 5.74) is 2.08. The van der Waals surface area contributed by atoms with Crippen molar-refractivity contribution in [2.75, 3.05) is 7.11 Å². The zero-order chi connectivity index (χ0) is 18.8. The van der Waals surface area contributed by atoms with E-state index in [1.54, 1.807) is 6.92 Å². The van der Waals surface area contributed by atoms with Crippen molar-refractivity contribution in [1.82, 2.24) is 4.98 Å². The molecule has 0 spiro atoms. The molecule has 2 aliphatic rings. The third kappa shape index (κ3) is 3.41. The highest BCUT2D eigenvalue weighted by Crippen LogP contribution is 2.34. The second kappa shape index (κ2) is 7.64. The van der Waals surface area contributed by atoms with Crippen molar-refractivity contribution >= 4 is 17.7 Å². The molecule has 2 atom stereocenters. The number of carbonyl (C=O) groups is 3. The van der Waals surface area contributed by atoms with Gasteiger partial charge in [0.2, 0.25) is 0 Å². The molecular formula is C20H27NO5. The van der Waals surface area contributed by atoms with E-state index in [0.29, 0.717) is 28.9 Å². The lowest BCUT2D eigenvalue weighted by Gasteiger charge is -2.25. The average Bonchev–Trinajstić information content (AvgIpc) is 2.77. The van der Waals surface area contributed by atoms with E-state index in [4.69, 9.17) is 9.47 Å². The minimum Gasteiger partial charge on any atom is -0.468 e. The fraction of sp³-hybridized carbons (Fsp3) is 0.650. The maximum atomic E-state index is 12.8. The van der Waals surface area contributed by atoms with E-state index in [-0.39, 0.29) is 17.8 Å². The van der Waals surface area contributed by atoms with E-state index in [1.807, 2.05) is 6.92 Å². The predicted molar refractivity (Wildman–Crippen MR) is 95.1 cm³/mol. The first-order chi connectivity index (χ1) is 12.4. The highest BCUT2D eigenvalue weighted by atomic mass is 16.5. The number of aromatic nitrogens is 1. The number of aromatic amines is 1. The lowest BCUT2D eigenvalue weighted by Crippen LogP contribution is -2.36. The van der Waals surface area contributed by atoms with Crippen LogP contribution >= 0.6 is 0 Å². The molecule has 0 unspecified atom stereocenters. The summed E-state index contributed by atoms with van der Waals surface area (Å²) in [4.78, 5) is 40.6. The summed E-state index contributed by atoms with van der Waals surface area (Å²) in [5.74, 6) is -2.18. The Hall–Kier alpha value is -2.11. The number of fused-ring (bicyclic) bond motifs is 1. The zero-order valence-electron chi connectivity index (χ0n) is 15.7. The number of carbonyl (C=O) groups excluding carboxylic acids is 3. The molecule has 1 fully saturated rings. The van der Waals surface area contributed by atoms with Crippen LogP contribution in [0.5, 0.6) is 0 Å². The minimum absolute atomic E-state index is 0.0535. The summed E-state index contributed by atoms with van der Waals surface area (Å²) in [5, 5.41) is 0. The van der Waals surface area contributed by atoms with Crippen molar-refractivity contribution in [2.24, 2.45) is 11.8 Å². The lowest BCUT2D eigenvalue weighted by atomic mass is 9.77. The van der Waals surface area contributed by atoms with Gasteiger partial charge in [0.05, 0.1) is 7.11 Å². The second-order valence-corrected chi connectivity index (χ2v) is 7.54. The number of nitrogens with one attached hydrogen (secondary N) is 1. The molecule has 26 heavy (non-hydrogen) atoms. The molecule has 0 amide bonds. The third-order valence-corrected chi connectivity index (χ3v) is 5.69. The molecule has 0 aromatic carbocycles. The van der Waals surface area contributed by atoms with Crippen molar-refractivity contribution in [3.05, 3.63) is 22.5 Å². The Morgan fingerprint density at radius 3 is 2.38 bits per heavy atom. The summed E-state index contributed by atoms with van der Waals surface area (Å²) >= 11 is 0. The molecule has 0 radical (unpaired) electrons. The third-order valence-electron chi connectivity index (χ3n) is 5.69. The van der Waals surface area contributed by atoms with Crippen LogP contribution < -0.4 is 0 Å². The first-order valence-corrected chi connectivity index (χ1v) is 9.48. The van der Waals surface area contributed by atoms with E-state index in [0.717, 1.165) is 25.7 Å². The molecule has 2 aliphatic carbocycles. The second-order valence-electron chi connectivity index (χ2n) is 7.54. The highest BCUT2D eigenvalue weighted by Gasteiger charge is 2.42. The Labute approximate surface area is 153 Å². The molecular weight excluding hydrogens is 334 g/mol. The maximum absolute atomic E-state index is 12.8. The van der Waals surface area contributed by atoms with Gasteiger partial charge in [0.15, 0.2) is 5.78 Å². The van der Waals surface area contributed by atoms with Gasteiger partial charge in [-0.2, -0.15) is 0 Å². The maximum Gasteiger partial charge on any atom is 0.355 e. The SMILES string of the molecule is COC(=O)[C@@H]1C(=O)c2c([nH]c(C(=O)OC3CCCCCC3)c2C)C[C@@H]1C. The van der Waals surface area contributed by atoms with Crippen LogP contribution in [0.1, 0.15) is 77.6 Å². The Kier molecular flexibility index (Phi) is 5.49. The standard InChI is InChI=1S/C20H27NO5/c1-11-10-14-16(18(22)15(11)19(23)25-3)12(2)17(21-14)20(24)26-13-8-6-4-5-7-9-13/h11,13,15,21H,4-10H2,1-3H3/t11-,15-/m0/s1. The Bertz CT molecular complexity index is 712. The molecule has 0 aliphatic heterocycles. The number of hydrogen-bond acceptors (Lipinski definition) is 5. The number of H-pyrrole nitrogens is 1. The molecule has 0 saturated heterocycles. The molecule has 1 aromatic rings. The largest absolute Gasteiger partial charge is 0.468 e. The number of hydrogen-bond donors (Lipinski definition) is 1. The summed E-state index contributed by atoms with van der Waals surface area (Å²) < 4.78 is 10.5. The van der Waals surface area contributed by atoms with Gasteiger partial charge in [-0.15, -0.1) is 0 Å². The topological polar surface area (TPSA) is 85.5 Å². The van der Waals surface area contributed by atoms with Crippen molar-refractivity contribution in [1.29, 1.82) is 0 Å². The van der Waals surface area contributed by atoms with Crippen molar-refractivity contribution in [2.45, 2.75) is 64.9 Å². The van der Waals surface area contributed by atoms with Crippen molar-refractivity contribution < 1.29 is 23.9 Å². The fourth-order valence-corrected chi connectivity index (χ4v) is 4.24. The van der Waals surface area contributed by atoms with Gasteiger partial charge in [-0.1, -0.05) is 19.8 Å². The molecule has 1 heterocycles. The van der Waals surface area contributed by atoms with Gasteiger partial charge in [0, 0.05) is 11.3 Å². The molecule has 142 valence electrons. The van der Waals surface area contributed by atoms with Crippen LogP contribution in [0.15, 0.2) is 0 Å². The number of rotatable bonds is 3. The Morgan fingerprint density at radius 1 is 1.12 bits per heavy atom. The zero-order valence-corrected chi connectivity index (χ0v) is 15.7. The summed E-state index contributed by atoms with van der Waals surface area (Å²) in [6.07, 6.45) is 6.79. The van der Waals surface area contributed by atoms with Crippen LogP contribution in [0.4, 0.5) is 0 Å². The Balaban J connectivity index is 1.83. The van der Waals surface area contributed by atoms with Crippen molar-refractivity contribution in [3.63, 3.8) is 0 Å². The normalized spacial score (nSPS) is 23.9. The number of esters is 2. The highest BCUT2D eigenvalue weighted by molar-refractivity contribution is 6.12. The number of methoxy groups -OCH3 is 1. The van der Waals surface area contributed by atoms with Gasteiger partial charge >= 0.3 is 11.9 Å². The molecule has 0 bridgehead atoms. The molecule has 1 saturated carbocycles. The van der Waals surface area contributed by atoms with E-state index >= 15 is 0 Å². The van der Waals surface area contributed by atoms with E-state index < -0.39 is 17.9 Å².